The van der Waals surface area contributed by atoms with Crippen LogP contribution in [-0.2, 0) is 4.79 Å². The van der Waals surface area contributed by atoms with Crippen LogP contribution >= 0.6 is 0 Å². The number of para-hydroxylation sites is 1. The van der Waals surface area contributed by atoms with Crippen molar-refractivity contribution in [2.24, 2.45) is 5.73 Å². The van der Waals surface area contributed by atoms with Gasteiger partial charge in [-0.1, -0.05) is 12.1 Å². The summed E-state index contributed by atoms with van der Waals surface area (Å²) >= 11 is 0. The van der Waals surface area contributed by atoms with Gasteiger partial charge >= 0.3 is 0 Å². The average Bonchev–Trinajstić information content (AvgIpc) is 3.05. The molecule has 1 amide bonds. The number of piperidine rings is 1. The predicted molar refractivity (Wildman–Crippen MR) is 85.3 cm³/mol. The fourth-order valence-electron chi connectivity index (χ4n) is 3.81. The largest absolute Gasteiger partial charge is 0.370 e. The van der Waals surface area contributed by atoms with E-state index >= 15 is 0 Å². The topological polar surface area (TPSA) is 73.4 Å². The Morgan fingerprint density at radius 2 is 1.91 bits per heavy atom. The molecule has 2 N–H and O–H groups in total. The molecular formula is C17H22N4O. The highest BCUT2D eigenvalue weighted by Crippen LogP contribution is 2.29. The van der Waals surface area contributed by atoms with Crippen molar-refractivity contribution in [3.05, 3.63) is 29.8 Å². The molecule has 1 aromatic rings. The number of nitrogens with two attached hydrogens (primary N) is 1. The Bertz CT molecular complexity index is 587. The monoisotopic (exact) mass is 298 g/mol. The van der Waals surface area contributed by atoms with E-state index in [1.54, 1.807) is 0 Å². The van der Waals surface area contributed by atoms with E-state index in [9.17, 15) is 10.1 Å². The lowest BCUT2D eigenvalue weighted by Gasteiger charge is -2.39. The van der Waals surface area contributed by atoms with Crippen LogP contribution in [0.15, 0.2) is 24.3 Å². The second-order valence-electron chi connectivity index (χ2n) is 6.15. The van der Waals surface area contributed by atoms with Crippen molar-refractivity contribution in [3.63, 3.8) is 0 Å². The van der Waals surface area contributed by atoms with Crippen LogP contribution in [0, 0.1) is 11.3 Å². The van der Waals surface area contributed by atoms with E-state index < -0.39 is 0 Å². The Kier molecular flexibility index (Phi) is 4.30. The second-order valence-corrected chi connectivity index (χ2v) is 6.15. The zero-order valence-electron chi connectivity index (χ0n) is 12.7. The first-order valence-corrected chi connectivity index (χ1v) is 8.00. The summed E-state index contributed by atoms with van der Waals surface area (Å²) < 4.78 is 0. The molecule has 2 saturated heterocycles. The molecule has 1 unspecified atom stereocenters. The van der Waals surface area contributed by atoms with Gasteiger partial charge in [-0.3, -0.25) is 9.69 Å². The molecule has 1 aromatic carbocycles. The Balaban J connectivity index is 1.66. The second kappa shape index (κ2) is 6.37. The zero-order valence-corrected chi connectivity index (χ0v) is 12.7. The fourth-order valence-corrected chi connectivity index (χ4v) is 3.81. The van der Waals surface area contributed by atoms with Crippen molar-refractivity contribution < 1.29 is 4.79 Å². The Morgan fingerprint density at radius 1 is 1.18 bits per heavy atom. The molecule has 116 valence electrons. The van der Waals surface area contributed by atoms with Gasteiger partial charge in [0.2, 0.25) is 5.91 Å². The van der Waals surface area contributed by atoms with E-state index in [1.807, 2.05) is 24.3 Å². The third-order valence-corrected chi connectivity index (χ3v) is 4.92. The van der Waals surface area contributed by atoms with Crippen molar-refractivity contribution in [1.82, 2.24) is 4.90 Å². The first-order valence-electron chi connectivity index (χ1n) is 8.00. The molecule has 0 saturated carbocycles. The molecule has 0 spiro atoms. The van der Waals surface area contributed by atoms with E-state index in [4.69, 9.17) is 5.73 Å². The van der Waals surface area contributed by atoms with Crippen LogP contribution in [0.1, 0.15) is 31.2 Å². The Morgan fingerprint density at radius 3 is 2.59 bits per heavy atom. The Labute approximate surface area is 131 Å². The van der Waals surface area contributed by atoms with Gasteiger partial charge in [-0.2, -0.15) is 5.26 Å². The first kappa shape index (κ1) is 14.9. The highest BCUT2D eigenvalue weighted by Gasteiger charge is 2.35. The van der Waals surface area contributed by atoms with Gasteiger partial charge in [-0.25, -0.2) is 0 Å². The molecule has 2 heterocycles. The van der Waals surface area contributed by atoms with Crippen molar-refractivity contribution >= 4 is 11.6 Å². The van der Waals surface area contributed by atoms with Crippen LogP contribution in [0.2, 0.25) is 0 Å². The molecule has 22 heavy (non-hydrogen) atoms. The number of rotatable bonds is 3. The van der Waals surface area contributed by atoms with Crippen LogP contribution in [-0.4, -0.2) is 42.5 Å². The number of benzene rings is 1. The van der Waals surface area contributed by atoms with Crippen molar-refractivity contribution in [3.8, 4) is 6.07 Å². The van der Waals surface area contributed by atoms with Gasteiger partial charge in [-0.05, 0) is 44.4 Å². The lowest BCUT2D eigenvalue weighted by molar-refractivity contribution is -0.123. The third-order valence-electron chi connectivity index (χ3n) is 4.92. The minimum atomic E-state index is -0.185. The van der Waals surface area contributed by atoms with Crippen LogP contribution in [0.3, 0.4) is 0 Å². The van der Waals surface area contributed by atoms with Crippen LogP contribution < -0.4 is 10.6 Å². The van der Waals surface area contributed by atoms with Gasteiger partial charge in [-0.15, -0.1) is 0 Å². The Hall–Kier alpha value is -2.06. The number of amides is 1. The number of anilines is 1. The summed E-state index contributed by atoms with van der Waals surface area (Å²) in [6, 6.07) is 10.4. The van der Waals surface area contributed by atoms with Gasteiger partial charge in [0.05, 0.1) is 17.3 Å². The minimum Gasteiger partial charge on any atom is -0.370 e. The van der Waals surface area contributed by atoms with Gasteiger partial charge in [0.25, 0.3) is 0 Å². The number of carbonyl (C=O) groups is 1. The molecule has 3 rings (SSSR count). The van der Waals surface area contributed by atoms with E-state index in [0.717, 1.165) is 56.6 Å². The SMILES string of the molecule is N#Cc1ccccc1N1CCC(N2CCCC2C(N)=O)CC1. The highest BCUT2D eigenvalue weighted by atomic mass is 16.1. The summed E-state index contributed by atoms with van der Waals surface area (Å²) in [5.74, 6) is -0.185. The molecule has 2 fully saturated rings. The summed E-state index contributed by atoms with van der Waals surface area (Å²) in [5.41, 5.74) is 7.28. The number of primary amides is 1. The van der Waals surface area contributed by atoms with Crippen LogP contribution in [0.5, 0.6) is 0 Å². The maximum Gasteiger partial charge on any atom is 0.234 e. The predicted octanol–water partition coefficient (Wildman–Crippen LogP) is 1.48. The number of nitrogens with zero attached hydrogens (tertiary/aromatic N) is 3. The molecule has 1 atom stereocenters. The molecule has 5 nitrogen and oxygen atoms in total. The number of nitriles is 1. The van der Waals surface area contributed by atoms with E-state index in [1.165, 1.54) is 0 Å². The number of hydrogen-bond donors (Lipinski definition) is 1. The number of likely N-dealkylation sites (tertiary alicyclic amines) is 1. The van der Waals surface area contributed by atoms with Crippen LogP contribution in [0.25, 0.3) is 0 Å². The van der Waals surface area contributed by atoms with Crippen molar-refractivity contribution in [2.75, 3.05) is 24.5 Å². The average molecular weight is 298 g/mol. The molecule has 2 aliphatic heterocycles. The van der Waals surface area contributed by atoms with Crippen molar-refractivity contribution in [1.29, 1.82) is 5.26 Å². The molecule has 0 radical (unpaired) electrons. The standard InChI is InChI=1S/C17H22N4O/c18-12-13-4-1-2-5-15(13)20-10-7-14(8-11-20)21-9-3-6-16(21)17(19)22/h1-2,4-5,14,16H,3,6-11H2,(H2,19,22). The maximum atomic E-state index is 11.6. The smallest absolute Gasteiger partial charge is 0.234 e. The summed E-state index contributed by atoms with van der Waals surface area (Å²) in [5, 5.41) is 9.23. The lowest BCUT2D eigenvalue weighted by Crippen LogP contribution is -2.50. The van der Waals surface area contributed by atoms with Crippen molar-refractivity contribution in [2.45, 2.75) is 37.8 Å². The van der Waals surface area contributed by atoms with E-state index in [0.29, 0.717) is 6.04 Å². The molecular weight excluding hydrogens is 276 g/mol. The van der Waals surface area contributed by atoms with E-state index in [2.05, 4.69) is 15.9 Å². The third kappa shape index (κ3) is 2.79. The van der Waals surface area contributed by atoms with E-state index in [-0.39, 0.29) is 11.9 Å². The normalized spacial score (nSPS) is 23.4. The summed E-state index contributed by atoms with van der Waals surface area (Å²) in [4.78, 5) is 16.1. The molecule has 2 aliphatic rings. The summed E-state index contributed by atoms with van der Waals surface area (Å²) in [6.07, 6.45) is 3.99. The number of hydrogen-bond acceptors (Lipinski definition) is 4. The molecule has 0 aliphatic carbocycles. The lowest BCUT2D eigenvalue weighted by atomic mass is 10.0. The summed E-state index contributed by atoms with van der Waals surface area (Å²) in [6.45, 7) is 2.82. The molecule has 5 heteroatoms. The summed E-state index contributed by atoms with van der Waals surface area (Å²) in [7, 11) is 0. The highest BCUT2D eigenvalue weighted by molar-refractivity contribution is 5.80. The van der Waals surface area contributed by atoms with Gasteiger partial charge < -0.3 is 10.6 Å². The minimum absolute atomic E-state index is 0.0806. The number of carbonyl (C=O) groups excluding carboxylic acids is 1. The fraction of sp³-hybridized carbons (Fsp3) is 0.529. The van der Waals surface area contributed by atoms with Gasteiger partial charge in [0.15, 0.2) is 0 Å². The van der Waals surface area contributed by atoms with Crippen LogP contribution in [0.4, 0.5) is 5.69 Å². The maximum absolute atomic E-state index is 11.6. The molecule has 0 aromatic heterocycles. The quantitative estimate of drug-likeness (QED) is 0.917. The van der Waals surface area contributed by atoms with Gasteiger partial charge in [0.1, 0.15) is 6.07 Å². The molecule has 0 bridgehead atoms. The zero-order chi connectivity index (χ0) is 15.5. The first-order chi connectivity index (χ1) is 10.7. The van der Waals surface area contributed by atoms with Gasteiger partial charge in [0, 0.05) is 19.1 Å².